The van der Waals surface area contributed by atoms with Crippen LogP contribution in [0, 0.1) is 11.8 Å². The Morgan fingerprint density at radius 2 is 2.31 bits per heavy atom. The van der Waals surface area contributed by atoms with Gasteiger partial charge < -0.3 is 5.73 Å². The van der Waals surface area contributed by atoms with E-state index in [1.54, 1.807) is 25.1 Å². The molecule has 0 unspecified atom stereocenters. The molecule has 0 amide bonds. The number of thioether (sulfide) groups is 1. The van der Waals surface area contributed by atoms with Gasteiger partial charge in [0, 0.05) is 24.8 Å². The molecule has 0 aliphatic rings. The zero-order valence-electron chi connectivity index (χ0n) is 8.92. The van der Waals surface area contributed by atoms with Gasteiger partial charge in [0.1, 0.15) is 0 Å². The number of nitrogen functional groups attached to an aromatic ring is 1. The van der Waals surface area contributed by atoms with Crippen LogP contribution in [0.5, 0.6) is 0 Å². The lowest BCUT2D eigenvalue weighted by Crippen LogP contribution is -1.90. The van der Waals surface area contributed by atoms with Crippen LogP contribution in [-0.2, 0) is 4.79 Å². The Hall–Kier alpha value is -1.11. The third-order valence-electron chi connectivity index (χ3n) is 1.79. The third-order valence-corrected chi connectivity index (χ3v) is 2.92. The minimum Gasteiger partial charge on any atom is -0.398 e. The summed E-state index contributed by atoms with van der Waals surface area (Å²) in [6.45, 7) is 1.55. The molecule has 1 aromatic rings. The maximum Gasteiger partial charge on any atom is 0.185 e. The van der Waals surface area contributed by atoms with E-state index >= 15 is 0 Å². The first-order valence-corrected chi connectivity index (χ1v) is 6.14. The zero-order chi connectivity index (χ0) is 12.0. The minimum absolute atomic E-state index is 0.110. The summed E-state index contributed by atoms with van der Waals surface area (Å²) in [6.07, 6.45) is 0.648. The number of anilines is 1. The van der Waals surface area contributed by atoms with E-state index in [1.165, 1.54) is 11.8 Å². The van der Waals surface area contributed by atoms with E-state index in [9.17, 15) is 4.79 Å². The van der Waals surface area contributed by atoms with E-state index in [0.717, 1.165) is 0 Å². The number of carbonyl (C=O) groups excluding carboxylic acids is 1. The summed E-state index contributed by atoms with van der Waals surface area (Å²) in [5.74, 6) is 6.58. The van der Waals surface area contributed by atoms with Gasteiger partial charge in [0.25, 0.3) is 0 Å². The van der Waals surface area contributed by atoms with E-state index < -0.39 is 0 Å². The Morgan fingerprint density at radius 1 is 1.56 bits per heavy atom. The second-order valence-corrected chi connectivity index (χ2v) is 4.77. The molecule has 0 aromatic heterocycles. The number of halogens is 1. The van der Waals surface area contributed by atoms with Crippen molar-refractivity contribution in [2.45, 2.75) is 13.3 Å². The molecule has 0 fully saturated rings. The van der Waals surface area contributed by atoms with Gasteiger partial charge in [0.2, 0.25) is 0 Å². The molecule has 0 bridgehead atoms. The molecule has 0 saturated carbocycles. The summed E-state index contributed by atoms with van der Waals surface area (Å²) in [6, 6.07) is 5.31. The van der Waals surface area contributed by atoms with Crippen LogP contribution in [0.1, 0.15) is 18.9 Å². The highest BCUT2D eigenvalue weighted by atomic mass is 35.5. The number of rotatable bonds is 2. The van der Waals surface area contributed by atoms with Gasteiger partial charge in [-0.15, -0.1) is 0 Å². The van der Waals surface area contributed by atoms with Crippen molar-refractivity contribution >= 4 is 34.2 Å². The van der Waals surface area contributed by atoms with Crippen LogP contribution in [0.25, 0.3) is 0 Å². The normalized spacial score (nSPS) is 9.38. The molecular formula is C12H12ClNOS. The summed E-state index contributed by atoms with van der Waals surface area (Å²) in [7, 11) is 0. The number of hydrogen-bond donors (Lipinski definition) is 1. The maximum atomic E-state index is 10.7. The van der Waals surface area contributed by atoms with Gasteiger partial charge in [-0.2, -0.15) is 0 Å². The van der Waals surface area contributed by atoms with Crippen LogP contribution >= 0.6 is 23.4 Å². The predicted molar refractivity (Wildman–Crippen MR) is 70.5 cm³/mol. The van der Waals surface area contributed by atoms with E-state index in [4.69, 9.17) is 17.3 Å². The number of carbonyl (C=O) groups is 1. The minimum atomic E-state index is 0.110. The molecule has 0 radical (unpaired) electrons. The Morgan fingerprint density at radius 3 is 2.94 bits per heavy atom. The first-order chi connectivity index (χ1) is 7.61. The number of benzene rings is 1. The first kappa shape index (κ1) is 13.0. The van der Waals surface area contributed by atoms with E-state index in [1.807, 2.05) is 0 Å². The molecule has 1 aromatic carbocycles. The highest BCUT2D eigenvalue weighted by Crippen LogP contribution is 2.20. The first-order valence-electron chi connectivity index (χ1n) is 4.77. The average Bonchev–Trinajstić information content (AvgIpc) is 2.21. The second-order valence-electron chi connectivity index (χ2n) is 3.10. The van der Waals surface area contributed by atoms with Crippen molar-refractivity contribution in [2.24, 2.45) is 0 Å². The molecule has 1 rings (SSSR count). The highest BCUT2D eigenvalue weighted by Gasteiger charge is 1.99. The molecule has 0 atom stereocenters. The van der Waals surface area contributed by atoms with E-state index in [-0.39, 0.29) is 5.12 Å². The summed E-state index contributed by atoms with van der Waals surface area (Å²) < 4.78 is 0. The lowest BCUT2D eigenvalue weighted by molar-refractivity contribution is -0.109. The molecule has 2 nitrogen and oxygen atoms in total. The standard InChI is InChI=1S/C12H12ClNOS/c1-9(15)16-8-3-2-5-10-11(13)6-4-7-12(10)14/h4,6-7H,3,8,14H2,1H3. The maximum absolute atomic E-state index is 10.7. The Bertz CT molecular complexity index is 428. The van der Waals surface area contributed by atoms with Crippen LogP contribution in [0.2, 0.25) is 5.02 Å². The average molecular weight is 254 g/mol. The van der Waals surface area contributed by atoms with Crippen LogP contribution in [-0.4, -0.2) is 10.9 Å². The van der Waals surface area contributed by atoms with Crippen LogP contribution in [0.4, 0.5) is 5.69 Å². The summed E-state index contributed by atoms with van der Waals surface area (Å²) >= 11 is 7.22. The predicted octanol–water partition coefficient (Wildman–Crippen LogP) is 2.94. The lowest BCUT2D eigenvalue weighted by atomic mass is 10.2. The van der Waals surface area contributed by atoms with Crippen molar-refractivity contribution in [3.8, 4) is 11.8 Å². The van der Waals surface area contributed by atoms with Crippen molar-refractivity contribution in [1.29, 1.82) is 0 Å². The van der Waals surface area contributed by atoms with Gasteiger partial charge in [-0.1, -0.05) is 41.3 Å². The molecule has 2 N–H and O–H groups in total. The van der Waals surface area contributed by atoms with E-state index in [0.29, 0.717) is 28.4 Å². The SMILES string of the molecule is CC(=O)SCCC#Cc1c(N)cccc1Cl. The fraction of sp³-hybridized carbons (Fsp3) is 0.250. The zero-order valence-corrected chi connectivity index (χ0v) is 10.5. The molecule has 0 aliphatic carbocycles. The summed E-state index contributed by atoms with van der Waals surface area (Å²) in [5.41, 5.74) is 6.98. The topological polar surface area (TPSA) is 43.1 Å². The molecule has 0 saturated heterocycles. The largest absolute Gasteiger partial charge is 0.398 e. The third kappa shape index (κ3) is 4.18. The second kappa shape index (κ2) is 6.47. The van der Waals surface area contributed by atoms with Gasteiger partial charge in [-0.25, -0.2) is 0 Å². The summed E-state index contributed by atoms with van der Waals surface area (Å²) in [5, 5.41) is 0.672. The molecule has 0 heterocycles. The van der Waals surface area contributed by atoms with Crippen molar-refractivity contribution in [2.75, 3.05) is 11.5 Å². The van der Waals surface area contributed by atoms with Crippen molar-refractivity contribution < 1.29 is 4.79 Å². The van der Waals surface area contributed by atoms with Gasteiger partial charge in [0.15, 0.2) is 5.12 Å². The molecule has 4 heteroatoms. The fourth-order valence-corrected chi connectivity index (χ4v) is 1.79. The Labute approximate surface area is 105 Å². The molecule has 0 aliphatic heterocycles. The quantitative estimate of drug-likeness (QED) is 0.501. The number of nitrogens with two attached hydrogens (primary N) is 1. The molecule has 16 heavy (non-hydrogen) atoms. The van der Waals surface area contributed by atoms with E-state index in [2.05, 4.69) is 11.8 Å². The highest BCUT2D eigenvalue weighted by molar-refractivity contribution is 8.13. The lowest BCUT2D eigenvalue weighted by Gasteiger charge is -1.99. The van der Waals surface area contributed by atoms with Gasteiger partial charge in [-0.3, -0.25) is 4.79 Å². The molecular weight excluding hydrogens is 242 g/mol. The van der Waals surface area contributed by atoms with Crippen LogP contribution in [0.3, 0.4) is 0 Å². The molecule has 84 valence electrons. The smallest absolute Gasteiger partial charge is 0.185 e. The van der Waals surface area contributed by atoms with Gasteiger partial charge >= 0.3 is 0 Å². The van der Waals surface area contributed by atoms with Crippen LogP contribution in [0.15, 0.2) is 18.2 Å². The Kier molecular flexibility index (Phi) is 5.24. The number of hydrogen-bond acceptors (Lipinski definition) is 3. The monoisotopic (exact) mass is 253 g/mol. The van der Waals surface area contributed by atoms with Gasteiger partial charge in [-0.05, 0) is 12.1 Å². The fourth-order valence-electron chi connectivity index (χ4n) is 1.07. The Balaban J connectivity index is 2.60. The van der Waals surface area contributed by atoms with Crippen molar-refractivity contribution in [3.05, 3.63) is 28.8 Å². The van der Waals surface area contributed by atoms with Crippen molar-refractivity contribution in [1.82, 2.24) is 0 Å². The summed E-state index contributed by atoms with van der Waals surface area (Å²) in [4.78, 5) is 10.7. The van der Waals surface area contributed by atoms with Crippen molar-refractivity contribution in [3.63, 3.8) is 0 Å². The van der Waals surface area contributed by atoms with Crippen LogP contribution < -0.4 is 5.73 Å². The molecule has 0 spiro atoms. The van der Waals surface area contributed by atoms with Gasteiger partial charge in [0.05, 0.1) is 10.6 Å².